The van der Waals surface area contributed by atoms with E-state index in [2.05, 4.69) is 0 Å². The smallest absolute Gasteiger partial charge is 0.269 e. The maximum Gasteiger partial charge on any atom is 0.269 e. The van der Waals surface area contributed by atoms with Crippen molar-refractivity contribution in [3.63, 3.8) is 0 Å². The summed E-state index contributed by atoms with van der Waals surface area (Å²) in [7, 11) is 0. The molecule has 3 N–H and O–H groups in total. The second-order valence-corrected chi connectivity index (χ2v) is 4.45. The Morgan fingerprint density at radius 1 is 1.35 bits per heavy atom. The molecular weight excluding hydrogens is 270 g/mol. The third kappa shape index (κ3) is 3.23. The van der Waals surface area contributed by atoms with Crippen molar-refractivity contribution >= 4 is 5.69 Å². The van der Waals surface area contributed by atoms with Crippen LogP contribution in [0.4, 0.5) is 5.69 Å². The number of rotatable bonds is 4. The van der Waals surface area contributed by atoms with Gasteiger partial charge >= 0.3 is 0 Å². The predicted octanol–water partition coefficient (Wildman–Crippen LogP) is -0.197. The molecule has 1 aromatic carbocycles. The molecule has 0 radical (unpaired) electrons. The summed E-state index contributed by atoms with van der Waals surface area (Å²) in [5.41, 5.74) is -0.0643. The molecule has 8 heteroatoms. The van der Waals surface area contributed by atoms with E-state index in [1.165, 1.54) is 24.3 Å². The molecule has 0 amide bonds. The Hall–Kier alpha value is -1.74. The van der Waals surface area contributed by atoms with Gasteiger partial charge in [0.25, 0.3) is 5.69 Å². The molecule has 1 fully saturated rings. The topological polar surface area (TPSA) is 122 Å². The third-order valence-corrected chi connectivity index (χ3v) is 3.03. The van der Waals surface area contributed by atoms with Crippen molar-refractivity contribution in [3.05, 3.63) is 34.4 Å². The maximum absolute atomic E-state index is 10.5. The molecule has 0 saturated carbocycles. The highest BCUT2D eigenvalue weighted by Gasteiger charge is 2.37. The van der Waals surface area contributed by atoms with Crippen LogP contribution in [-0.4, -0.2) is 51.5 Å². The molecule has 4 atom stereocenters. The van der Waals surface area contributed by atoms with Gasteiger partial charge in [0.2, 0.25) is 6.29 Å². The fourth-order valence-electron chi connectivity index (χ4n) is 1.94. The standard InChI is InChI=1S/C12H15NO7/c14-6-10-12(16)9(15)5-11(20-10)19-8-3-1-7(2-4-8)13(17)18/h1-4,9-12,14-16H,5-6H2/t9-,10-,11+,12+/m0/s1. The number of nitrogens with zero attached hydrogens (tertiary/aromatic N) is 1. The quantitative estimate of drug-likeness (QED) is 0.517. The number of benzene rings is 1. The summed E-state index contributed by atoms with van der Waals surface area (Å²) in [6, 6.07) is 5.39. The van der Waals surface area contributed by atoms with Crippen molar-refractivity contribution in [1.82, 2.24) is 0 Å². The van der Waals surface area contributed by atoms with Gasteiger partial charge in [0.15, 0.2) is 0 Å². The van der Waals surface area contributed by atoms with Crippen molar-refractivity contribution < 1.29 is 29.7 Å². The second kappa shape index (κ2) is 6.14. The monoisotopic (exact) mass is 285 g/mol. The molecule has 1 aliphatic rings. The normalized spacial score (nSPS) is 29.9. The fraction of sp³-hybridized carbons (Fsp3) is 0.500. The van der Waals surface area contributed by atoms with E-state index < -0.39 is 36.1 Å². The Bertz CT molecular complexity index is 463. The largest absolute Gasteiger partial charge is 0.465 e. The molecule has 0 bridgehead atoms. The summed E-state index contributed by atoms with van der Waals surface area (Å²) in [4.78, 5) is 9.99. The zero-order valence-corrected chi connectivity index (χ0v) is 10.5. The highest BCUT2D eigenvalue weighted by atomic mass is 16.7. The van der Waals surface area contributed by atoms with E-state index in [0.29, 0.717) is 5.75 Å². The van der Waals surface area contributed by atoms with E-state index >= 15 is 0 Å². The SMILES string of the molecule is O=[N+]([O-])c1ccc(O[C@H]2C[C@H](O)[C@@H](O)[C@H](CO)O2)cc1. The van der Waals surface area contributed by atoms with Crippen molar-refractivity contribution in [2.24, 2.45) is 0 Å². The molecule has 110 valence electrons. The molecule has 1 aliphatic heterocycles. The zero-order valence-electron chi connectivity index (χ0n) is 10.5. The lowest BCUT2D eigenvalue weighted by atomic mass is 10.0. The van der Waals surface area contributed by atoms with Gasteiger partial charge in [-0.1, -0.05) is 0 Å². The molecule has 0 spiro atoms. The average Bonchev–Trinajstić information content (AvgIpc) is 2.43. The number of aliphatic hydroxyl groups is 3. The fourth-order valence-corrected chi connectivity index (χ4v) is 1.94. The molecular formula is C12H15NO7. The second-order valence-electron chi connectivity index (χ2n) is 4.45. The van der Waals surface area contributed by atoms with Crippen LogP contribution < -0.4 is 4.74 Å². The number of nitro groups is 1. The van der Waals surface area contributed by atoms with Crippen LogP contribution in [0, 0.1) is 10.1 Å². The van der Waals surface area contributed by atoms with Crippen molar-refractivity contribution in [1.29, 1.82) is 0 Å². The van der Waals surface area contributed by atoms with E-state index in [9.17, 15) is 20.3 Å². The van der Waals surface area contributed by atoms with Crippen LogP contribution in [-0.2, 0) is 4.74 Å². The van der Waals surface area contributed by atoms with E-state index in [1.54, 1.807) is 0 Å². The highest BCUT2D eigenvalue weighted by Crippen LogP contribution is 2.24. The molecule has 1 heterocycles. The molecule has 8 nitrogen and oxygen atoms in total. The maximum atomic E-state index is 10.5. The summed E-state index contributed by atoms with van der Waals surface area (Å²) in [5, 5.41) is 38.7. The molecule has 0 aliphatic carbocycles. The number of hydrogen-bond acceptors (Lipinski definition) is 7. The molecule has 0 aromatic heterocycles. The van der Waals surface area contributed by atoms with Crippen LogP contribution in [0.1, 0.15) is 6.42 Å². The first-order chi connectivity index (χ1) is 9.51. The minimum Gasteiger partial charge on any atom is -0.465 e. The lowest BCUT2D eigenvalue weighted by molar-refractivity contribution is -0.384. The predicted molar refractivity (Wildman–Crippen MR) is 66.1 cm³/mol. The number of hydrogen-bond donors (Lipinski definition) is 3. The number of nitro benzene ring substituents is 1. The summed E-state index contributed by atoms with van der Waals surface area (Å²) in [5.74, 6) is 0.334. The summed E-state index contributed by atoms with van der Waals surface area (Å²) in [6.45, 7) is -0.446. The number of ether oxygens (including phenoxy) is 2. The molecule has 20 heavy (non-hydrogen) atoms. The average molecular weight is 285 g/mol. The van der Waals surface area contributed by atoms with Crippen LogP contribution in [0.3, 0.4) is 0 Å². The van der Waals surface area contributed by atoms with Gasteiger partial charge in [0.1, 0.15) is 18.0 Å². The number of aliphatic hydroxyl groups excluding tert-OH is 3. The minimum absolute atomic E-state index is 0.0364. The zero-order chi connectivity index (χ0) is 14.7. The minimum atomic E-state index is -1.17. The van der Waals surface area contributed by atoms with Gasteiger partial charge in [-0.25, -0.2) is 0 Å². The van der Waals surface area contributed by atoms with Gasteiger partial charge in [-0.15, -0.1) is 0 Å². The molecule has 1 saturated heterocycles. The Labute approximate surface area is 114 Å². The highest BCUT2D eigenvalue weighted by molar-refractivity contribution is 5.36. The van der Waals surface area contributed by atoms with Crippen LogP contribution in [0.15, 0.2) is 24.3 Å². The van der Waals surface area contributed by atoms with Crippen molar-refractivity contribution in [2.45, 2.75) is 31.0 Å². The number of non-ortho nitro benzene ring substituents is 1. The van der Waals surface area contributed by atoms with Crippen LogP contribution in [0.2, 0.25) is 0 Å². The van der Waals surface area contributed by atoms with Gasteiger partial charge in [-0.3, -0.25) is 10.1 Å². The van der Waals surface area contributed by atoms with Gasteiger partial charge in [0, 0.05) is 18.6 Å². The molecule has 0 unspecified atom stereocenters. The van der Waals surface area contributed by atoms with Gasteiger partial charge in [-0.05, 0) is 12.1 Å². The Balaban J connectivity index is 2.00. The van der Waals surface area contributed by atoms with E-state index in [-0.39, 0.29) is 12.1 Å². The first kappa shape index (κ1) is 14.7. The Morgan fingerprint density at radius 3 is 2.55 bits per heavy atom. The lowest BCUT2D eigenvalue weighted by Crippen LogP contribution is -2.51. The van der Waals surface area contributed by atoms with Gasteiger partial charge in [0.05, 0.1) is 17.6 Å². The summed E-state index contributed by atoms with van der Waals surface area (Å²) < 4.78 is 10.7. The lowest BCUT2D eigenvalue weighted by Gasteiger charge is -2.36. The first-order valence-corrected chi connectivity index (χ1v) is 6.05. The first-order valence-electron chi connectivity index (χ1n) is 6.05. The summed E-state index contributed by atoms with van der Waals surface area (Å²) >= 11 is 0. The third-order valence-electron chi connectivity index (χ3n) is 3.03. The van der Waals surface area contributed by atoms with E-state index in [0.717, 1.165) is 0 Å². The van der Waals surface area contributed by atoms with Crippen LogP contribution in [0.25, 0.3) is 0 Å². The van der Waals surface area contributed by atoms with Crippen LogP contribution in [0.5, 0.6) is 5.75 Å². The Kier molecular flexibility index (Phi) is 4.50. The van der Waals surface area contributed by atoms with Crippen molar-refractivity contribution in [2.75, 3.05) is 6.61 Å². The van der Waals surface area contributed by atoms with Gasteiger partial charge in [-0.2, -0.15) is 0 Å². The molecule has 2 rings (SSSR count). The van der Waals surface area contributed by atoms with E-state index in [4.69, 9.17) is 14.6 Å². The van der Waals surface area contributed by atoms with E-state index in [1.807, 2.05) is 0 Å². The summed E-state index contributed by atoms with van der Waals surface area (Å²) in [6.07, 6.45) is -3.97. The van der Waals surface area contributed by atoms with Crippen LogP contribution >= 0.6 is 0 Å². The Morgan fingerprint density at radius 2 is 2.00 bits per heavy atom. The van der Waals surface area contributed by atoms with Crippen molar-refractivity contribution in [3.8, 4) is 5.75 Å². The van der Waals surface area contributed by atoms with Gasteiger partial charge < -0.3 is 24.8 Å². The molecule has 1 aromatic rings.